The summed E-state index contributed by atoms with van der Waals surface area (Å²) in [5.41, 5.74) is 3.68. The molecule has 1 aromatic heterocycles. The van der Waals surface area contributed by atoms with E-state index in [1.165, 1.54) is 0 Å². The lowest BCUT2D eigenvalue weighted by molar-refractivity contribution is 0.0775. The number of carbonyl (C=O) groups is 1. The number of hydrogen-bond donors (Lipinski definition) is 0. The second kappa shape index (κ2) is 5.39. The largest absolute Gasteiger partial charge is 0.339 e. The molecule has 0 bridgehead atoms. The molecule has 1 amide bonds. The molecule has 2 rings (SSSR count). The van der Waals surface area contributed by atoms with E-state index in [0.717, 1.165) is 40.8 Å². The van der Waals surface area contributed by atoms with Crippen LogP contribution in [0, 0.1) is 13.8 Å². The number of aromatic nitrogens is 1. The van der Waals surface area contributed by atoms with E-state index in [-0.39, 0.29) is 5.91 Å². The molecule has 2 aromatic rings. The Bertz CT molecular complexity index is 615. The van der Waals surface area contributed by atoms with Gasteiger partial charge < -0.3 is 4.90 Å². The van der Waals surface area contributed by atoms with Crippen LogP contribution >= 0.6 is 0 Å². The lowest BCUT2D eigenvalue weighted by Gasteiger charge is -2.20. The first-order chi connectivity index (χ1) is 9.06. The Kier molecular flexibility index (Phi) is 3.84. The van der Waals surface area contributed by atoms with E-state index in [0.29, 0.717) is 0 Å². The van der Waals surface area contributed by atoms with Gasteiger partial charge in [-0.05, 0) is 45.9 Å². The third kappa shape index (κ3) is 2.60. The molecule has 0 atom stereocenters. The van der Waals surface area contributed by atoms with Crippen LogP contribution in [0.4, 0.5) is 0 Å². The minimum Gasteiger partial charge on any atom is -0.339 e. The third-order valence-electron chi connectivity index (χ3n) is 3.37. The first-order valence-corrected chi connectivity index (χ1v) is 6.74. The maximum Gasteiger partial charge on any atom is 0.254 e. The van der Waals surface area contributed by atoms with E-state index in [1.807, 2.05) is 56.9 Å². The van der Waals surface area contributed by atoms with Gasteiger partial charge in [0.2, 0.25) is 0 Å². The Labute approximate surface area is 114 Å². The van der Waals surface area contributed by atoms with E-state index < -0.39 is 0 Å². The molecule has 0 saturated carbocycles. The summed E-state index contributed by atoms with van der Waals surface area (Å²) < 4.78 is 0. The molecule has 0 aliphatic heterocycles. The maximum absolute atomic E-state index is 12.6. The summed E-state index contributed by atoms with van der Waals surface area (Å²) >= 11 is 0. The molecule has 0 saturated heterocycles. The van der Waals surface area contributed by atoms with E-state index >= 15 is 0 Å². The maximum atomic E-state index is 12.6. The Balaban J connectivity index is 2.64. The topological polar surface area (TPSA) is 33.2 Å². The highest BCUT2D eigenvalue weighted by Gasteiger charge is 2.16. The number of nitrogens with zero attached hydrogens (tertiary/aromatic N) is 2. The molecule has 0 radical (unpaired) electrons. The number of rotatable bonds is 3. The Morgan fingerprint density at radius 1 is 1.16 bits per heavy atom. The van der Waals surface area contributed by atoms with Crippen LogP contribution in [0.25, 0.3) is 10.9 Å². The van der Waals surface area contributed by atoms with Crippen LogP contribution in [0.1, 0.15) is 35.5 Å². The quantitative estimate of drug-likeness (QED) is 0.844. The molecule has 1 heterocycles. The van der Waals surface area contributed by atoms with Gasteiger partial charge in [-0.25, -0.2) is 0 Å². The first kappa shape index (κ1) is 13.5. The smallest absolute Gasteiger partial charge is 0.254 e. The summed E-state index contributed by atoms with van der Waals surface area (Å²) in [5.74, 6) is 0.0890. The number of fused-ring (bicyclic) bond motifs is 1. The molecular weight excluding hydrogens is 236 g/mol. The Morgan fingerprint density at radius 3 is 2.47 bits per heavy atom. The first-order valence-electron chi connectivity index (χ1n) is 6.74. The SMILES string of the molecule is CCN(CC)C(=O)c1cc(C)nc2ccc(C)cc12. The molecule has 100 valence electrons. The zero-order valence-electron chi connectivity index (χ0n) is 12.0. The van der Waals surface area contributed by atoms with Crippen LogP contribution in [0.15, 0.2) is 24.3 Å². The zero-order valence-corrected chi connectivity index (χ0v) is 12.0. The van der Waals surface area contributed by atoms with E-state index in [4.69, 9.17) is 0 Å². The van der Waals surface area contributed by atoms with Crippen molar-refractivity contribution in [1.29, 1.82) is 0 Å². The number of carbonyl (C=O) groups excluding carboxylic acids is 1. The van der Waals surface area contributed by atoms with Gasteiger partial charge >= 0.3 is 0 Å². The van der Waals surface area contributed by atoms with Gasteiger partial charge in [-0.3, -0.25) is 9.78 Å². The summed E-state index contributed by atoms with van der Waals surface area (Å²) in [6.07, 6.45) is 0. The highest BCUT2D eigenvalue weighted by atomic mass is 16.2. The van der Waals surface area contributed by atoms with Gasteiger partial charge in [0, 0.05) is 24.2 Å². The highest BCUT2D eigenvalue weighted by Crippen LogP contribution is 2.21. The fourth-order valence-corrected chi connectivity index (χ4v) is 2.33. The minimum atomic E-state index is 0.0890. The second-order valence-corrected chi connectivity index (χ2v) is 4.81. The lowest BCUT2D eigenvalue weighted by atomic mass is 10.0. The van der Waals surface area contributed by atoms with Crippen molar-refractivity contribution in [3.63, 3.8) is 0 Å². The summed E-state index contributed by atoms with van der Waals surface area (Å²) in [5, 5.41) is 0.947. The van der Waals surface area contributed by atoms with Crippen LogP contribution in [0.5, 0.6) is 0 Å². The van der Waals surface area contributed by atoms with Gasteiger partial charge in [0.25, 0.3) is 5.91 Å². The minimum absolute atomic E-state index is 0.0890. The van der Waals surface area contributed by atoms with Gasteiger partial charge in [0.15, 0.2) is 0 Å². The van der Waals surface area contributed by atoms with Gasteiger partial charge in [-0.2, -0.15) is 0 Å². The van der Waals surface area contributed by atoms with Gasteiger partial charge in [0.05, 0.1) is 11.1 Å². The standard InChI is InChI=1S/C16H20N2O/c1-5-18(6-2)16(19)14-10-12(4)17-15-8-7-11(3)9-13(14)15/h7-10H,5-6H2,1-4H3. The summed E-state index contributed by atoms with van der Waals surface area (Å²) in [7, 11) is 0. The number of aryl methyl sites for hydroxylation is 2. The third-order valence-corrected chi connectivity index (χ3v) is 3.37. The summed E-state index contributed by atoms with van der Waals surface area (Å²) in [6, 6.07) is 7.94. The van der Waals surface area contributed by atoms with Gasteiger partial charge in [0.1, 0.15) is 0 Å². The van der Waals surface area contributed by atoms with Crippen molar-refractivity contribution in [3.05, 3.63) is 41.1 Å². The fourth-order valence-electron chi connectivity index (χ4n) is 2.33. The van der Waals surface area contributed by atoms with Crippen LogP contribution in [-0.2, 0) is 0 Å². The van der Waals surface area contributed by atoms with Crippen LogP contribution in [-0.4, -0.2) is 28.9 Å². The molecule has 0 aliphatic carbocycles. The van der Waals surface area contributed by atoms with Crippen LogP contribution < -0.4 is 0 Å². The number of hydrogen-bond acceptors (Lipinski definition) is 2. The van der Waals surface area contributed by atoms with Gasteiger partial charge in [-0.1, -0.05) is 11.6 Å². The van der Waals surface area contributed by atoms with Gasteiger partial charge in [-0.15, -0.1) is 0 Å². The number of pyridine rings is 1. The van der Waals surface area contributed by atoms with E-state index in [9.17, 15) is 4.79 Å². The van der Waals surface area contributed by atoms with Crippen molar-refractivity contribution < 1.29 is 4.79 Å². The number of amides is 1. The molecule has 0 fully saturated rings. The molecule has 0 unspecified atom stereocenters. The van der Waals surface area contributed by atoms with Crippen molar-refractivity contribution >= 4 is 16.8 Å². The van der Waals surface area contributed by atoms with E-state index in [2.05, 4.69) is 4.98 Å². The molecular formula is C16H20N2O. The van der Waals surface area contributed by atoms with E-state index in [1.54, 1.807) is 0 Å². The van der Waals surface area contributed by atoms with Crippen LogP contribution in [0.2, 0.25) is 0 Å². The van der Waals surface area contributed by atoms with Crippen molar-refractivity contribution in [2.45, 2.75) is 27.7 Å². The second-order valence-electron chi connectivity index (χ2n) is 4.81. The zero-order chi connectivity index (χ0) is 14.0. The van der Waals surface area contributed by atoms with Crippen molar-refractivity contribution in [1.82, 2.24) is 9.88 Å². The summed E-state index contributed by atoms with van der Waals surface area (Å²) in [4.78, 5) is 18.9. The Hall–Kier alpha value is -1.90. The molecule has 3 heteroatoms. The Morgan fingerprint density at radius 2 is 1.84 bits per heavy atom. The molecule has 1 aromatic carbocycles. The molecule has 0 spiro atoms. The average Bonchev–Trinajstić information content (AvgIpc) is 2.39. The highest BCUT2D eigenvalue weighted by molar-refractivity contribution is 6.06. The van der Waals surface area contributed by atoms with Crippen molar-refractivity contribution in [2.75, 3.05) is 13.1 Å². The molecule has 0 aliphatic rings. The predicted molar refractivity (Wildman–Crippen MR) is 78.5 cm³/mol. The molecule has 19 heavy (non-hydrogen) atoms. The lowest BCUT2D eigenvalue weighted by Crippen LogP contribution is -2.30. The average molecular weight is 256 g/mol. The molecule has 0 N–H and O–H groups in total. The summed E-state index contributed by atoms with van der Waals surface area (Å²) in [6.45, 7) is 9.42. The predicted octanol–water partition coefficient (Wildman–Crippen LogP) is 3.33. The fraction of sp³-hybridized carbons (Fsp3) is 0.375. The number of benzene rings is 1. The normalized spacial score (nSPS) is 10.7. The van der Waals surface area contributed by atoms with Crippen molar-refractivity contribution in [2.24, 2.45) is 0 Å². The van der Waals surface area contributed by atoms with Crippen molar-refractivity contribution in [3.8, 4) is 0 Å². The monoisotopic (exact) mass is 256 g/mol. The molecule has 3 nitrogen and oxygen atoms in total. The van der Waals surface area contributed by atoms with Crippen LogP contribution in [0.3, 0.4) is 0 Å².